The number of carbonyl (C=O) groups is 2. The fourth-order valence-electron chi connectivity index (χ4n) is 1.95. The van der Waals surface area contributed by atoms with Crippen molar-refractivity contribution >= 4 is 22.5 Å². The Balaban J connectivity index is 2.49. The van der Waals surface area contributed by atoms with Crippen molar-refractivity contribution in [2.24, 2.45) is 0 Å². The molecule has 0 aliphatic heterocycles. The zero-order chi connectivity index (χ0) is 13.8. The Morgan fingerprint density at radius 3 is 2.53 bits per heavy atom. The standard InChI is InChI=1S/C15H14O4/c1-10(16)19-9-13(17)15-12-6-4-3-5-11(12)7-8-14(15)18-2/h3-8H,9H2,1-2H3. The second-order valence-electron chi connectivity index (χ2n) is 4.07. The number of fused-ring (bicyclic) bond motifs is 1. The number of rotatable bonds is 4. The molecule has 0 bridgehead atoms. The SMILES string of the molecule is COc1ccc2ccccc2c1C(=O)COC(C)=O. The molecule has 2 aromatic carbocycles. The van der Waals surface area contributed by atoms with Crippen molar-refractivity contribution in [3.05, 3.63) is 42.0 Å². The maximum atomic E-state index is 12.2. The molecule has 0 aliphatic carbocycles. The van der Waals surface area contributed by atoms with E-state index in [0.29, 0.717) is 11.3 Å². The molecular weight excluding hydrogens is 244 g/mol. The first-order chi connectivity index (χ1) is 9.13. The molecule has 0 aliphatic rings. The van der Waals surface area contributed by atoms with Crippen molar-refractivity contribution in [1.82, 2.24) is 0 Å². The first-order valence-corrected chi connectivity index (χ1v) is 5.86. The summed E-state index contributed by atoms with van der Waals surface area (Å²) in [4.78, 5) is 23.0. The van der Waals surface area contributed by atoms with Crippen LogP contribution in [0.5, 0.6) is 5.75 Å². The Bertz CT molecular complexity index is 631. The third-order valence-electron chi connectivity index (χ3n) is 2.80. The molecule has 4 heteroatoms. The van der Waals surface area contributed by atoms with Gasteiger partial charge in [0, 0.05) is 6.92 Å². The Kier molecular flexibility index (Phi) is 3.80. The van der Waals surface area contributed by atoms with Crippen molar-refractivity contribution in [3.63, 3.8) is 0 Å². The monoisotopic (exact) mass is 258 g/mol. The van der Waals surface area contributed by atoms with Crippen LogP contribution in [0.4, 0.5) is 0 Å². The third kappa shape index (κ3) is 2.73. The van der Waals surface area contributed by atoms with E-state index < -0.39 is 5.97 Å². The lowest BCUT2D eigenvalue weighted by atomic mass is 10.0. The van der Waals surface area contributed by atoms with Gasteiger partial charge in [-0.25, -0.2) is 0 Å². The number of hydrogen-bond donors (Lipinski definition) is 0. The Labute approximate surface area is 110 Å². The van der Waals surface area contributed by atoms with E-state index >= 15 is 0 Å². The van der Waals surface area contributed by atoms with Crippen molar-refractivity contribution < 1.29 is 19.1 Å². The summed E-state index contributed by atoms with van der Waals surface area (Å²) < 4.78 is 9.98. The number of methoxy groups -OCH3 is 1. The minimum atomic E-state index is -0.479. The van der Waals surface area contributed by atoms with Crippen molar-refractivity contribution in [1.29, 1.82) is 0 Å². The molecule has 0 unspecified atom stereocenters. The van der Waals surface area contributed by atoms with Crippen molar-refractivity contribution in [3.8, 4) is 5.75 Å². The molecule has 0 aromatic heterocycles. The highest BCUT2D eigenvalue weighted by molar-refractivity contribution is 6.11. The molecule has 2 aromatic rings. The van der Waals surface area contributed by atoms with Crippen LogP contribution in [0.25, 0.3) is 10.8 Å². The number of carbonyl (C=O) groups excluding carboxylic acids is 2. The summed E-state index contributed by atoms with van der Waals surface area (Å²) in [5.41, 5.74) is 0.446. The van der Waals surface area contributed by atoms with E-state index in [-0.39, 0.29) is 12.4 Å². The van der Waals surface area contributed by atoms with Crippen LogP contribution >= 0.6 is 0 Å². The van der Waals surface area contributed by atoms with Crippen LogP contribution in [0, 0.1) is 0 Å². The highest BCUT2D eigenvalue weighted by Crippen LogP contribution is 2.28. The first-order valence-electron chi connectivity index (χ1n) is 5.86. The molecule has 0 atom stereocenters. The summed E-state index contributed by atoms with van der Waals surface area (Å²) in [7, 11) is 1.51. The molecule has 0 heterocycles. The quantitative estimate of drug-likeness (QED) is 0.624. The average molecular weight is 258 g/mol. The van der Waals surface area contributed by atoms with Gasteiger partial charge >= 0.3 is 5.97 Å². The van der Waals surface area contributed by atoms with Gasteiger partial charge in [0.05, 0.1) is 12.7 Å². The number of ketones is 1. The Morgan fingerprint density at radius 1 is 1.11 bits per heavy atom. The van der Waals surface area contributed by atoms with E-state index in [1.165, 1.54) is 14.0 Å². The molecule has 0 spiro atoms. The van der Waals surface area contributed by atoms with Crippen LogP contribution in [-0.2, 0) is 9.53 Å². The van der Waals surface area contributed by atoms with Crippen LogP contribution in [0.2, 0.25) is 0 Å². The topological polar surface area (TPSA) is 52.6 Å². The molecule has 0 fully saturated rings. The van der Waals surface area contributed by atoms with Crippen LogP contribution in [0.3, 0.4) is 0 Å². The van der Waals surface area contributed by atoms with E-state index in [1.54, 1.807) is 6.07 Å². The van der Waals surface area contributed by atoms with Crippen LogP contribution in [-0.4, -0.2) is 25.5 Å². The van der Waals surface area contributed by atoms with Crippen molar-refractivity contribution in [2.75, 3.05) is 13.7 Å². The highest BCUT2D eigenvalue weighted by atomic mass is 16.5. The van der Waals surface area contributed by atoms with Gasteiger partial charge in [-0.3, -0.25) is 9.59 Å². The zero-order valence-electron chi connectivity index (χ0n) is 10.8. The van der Waals surface area contributed by atoms with Crippen molar-refractivity contribution in [2.45, 2.75) is 6.92 Å². The van der Waals surface area contributed by atoms with E-state index in [0.717, 1.165) is 10.8 Å². The summed E-state index contributed by atoms with van der Waals surface area (Å²) in [5.74, 6) is -0.271. The smallest absolute Gasteiger partial charge is 0.303 e. The largest absolute Gasteiger partial charge is 0.496 e. The lowest BCUT2D eigenvalue weighted by Gasteiger charge is -2.11. The lowest BCUT2D eigenvalue weighted by molar-refractivity contribution is -0.139. The molecule has 98 valence electrons. The van der Waals surface area contributed by atoms with Crippen LogP contribution in [0.15, 0.2) is 36.4 Å². The normalized spacial score (nSPS) is 10.2. The molecule has 0 N–H and O–H groups in total. The summed E-state index contributed by atoms with van der Waals surface area (Å²) in [6.45, 7) is 0.993. The number of hydrogen-bond acceptors (Lipinski definition) is 4. The predicted molar refractivity (Wildman–Crippen MR) is 71.5 cm³/mol. The highest BCUT2D eigenvalue weighted by Gasteiger charge is 2.17. The second kappa shape index (κ2) is 5.52. The molecule has 2 rings (SSSR count). The molecule has 0 amide bonds. The number of esters is 1. The fourth-order valence-corrected chi connectivity index (χ4v) is 1.95. The van der Waals surface area contributed by atoms with E-state index in [2.05, 4.69) is 0 Å². The minimum absolute atomic E-state index is 0.274. The predicted octanol–water partition coefficient (Wildman–Crippen LogP) is 2.59. The Morgan fingerprint density at radius 2 is 1.84 bits per heavy atom. The lowest BCUT2D eigenvalue weighted by Crippen LogP contribution is -2.13. The second-order valence-corrected chi connectivity index (χ2v) is 4.07. The molecule has 0 saturated carbocycles. The average Bonchev–Trinajstić information content (AvgIpc) is 2.43. The van der Waals surface area contributed by atoms with Gasteiger partial charge in [0.2, 0.25) is 5.78 Å². The van der Waals surface area contributed by atoms with E-state index in [4.69, 9.17) is 9.47 Å². The van der Waals surface area contributed by atoms with Gasteiger partial charge in [-0.1, -0.05) is 30.3 Å². The van der Waals surface area contributed by atoms with Gasteiger partial charge in [0.25, 0.3) is 0 Å². The molecule has 0 saturated heterocycles. The molecular formula is C15H14O4. The first kappa shape index (κ1) is 13.1. The summed E-state index contributed by atoms with van der Waals surface area (Å²) in [6, 6.07) is 11.1. The summed E-state index contributed by atoms with van der Waals surface area (Å²) in [5, 5.41) is 1.73. The van der Waals surface area contributed by atoms with Gasteiger partial charge in [0.15, 0.2) is 6.61 Å². The van der Waals surface area contributed by atoms with Gasteiger partial charge in [-0.05, 0) is 16.8 Å². The van der Waals surface area contributed by atoms with Gasteiger partial charge in [-0.15, -0.1) is 0 Å². The minimum Gasteiger partial charge on any atom is -0.496 e. The molecule has 4 nitrogen and oxygen atoms in total. The fraction of sp³-hybridized carbons (Fsp3) is 0.200. The van der Waals surface area contributed by atoms with Crippen LogP contribution < -0.4 is 4.74 Å². The number of Topliss-reactive ketones (excluding diaryl/α,β-unsaturated/α-hetero) is 1. The van der Waals surface area contributed by atoms with E-state index in [1.807, 2.05) is 30.3 Å². The maximum Gasteiger partial charge on any atom is 0.303 e. The van der Waals surface area contributed by atoms with Gasteiger partial charge < -0.3 is 9.47 Å². The number of ether oxygens (including phenoxy) is 2. The van der Waals surface area contributed by atoms with Crippen LogP contribution in [0.1, 0.15) is 17.3 Å². The van der Waals surface area contributed by atoms with Gasteiger partial charge in [0.1, 0.15) is 5.75 Å². The number of benzene rings is 2. The van der Waals surface area contributed by atoms with Gasteiger partial charge in [-0.2, -0.15) is 0 Å². The van der Waals surface area contributed by atoms with E-state index in [9.17, 15) is 9.59 Å². The Hall–Kier alpha value is -2.36. The molecule has 0 radical (unpaired) electrons. The summed E-state index contributed by atoms with van der Waals surface area (Å²) in [6.07, 6.45) is 0. The summed E-state index contributed by atoms with van der Waals surface area (Å²) >= 11 is 0. The molecule has 19 heavy (non-hydrogen) atoms. The third-order valence-corrected chi connectivity index (χ3v) is 2.80. The zero-order valence-corrected chi connectivity index (χ0v) is 10.8. The maximum absolute atomic E-state index is 12.2.